The van der Waals surface area contributed by atoms with Crippen LogP contribution in [-0.4, -0.2) is 22.1 Å². The lowest BCUT2D eigenvalue weighted by Gasteiger charge is -2.19. The highest BCUT2D eigenvalue weighted by atomic mass is 16.5. The normalized spacial score (nSPS) is 14.4. The summed E-state index contributed by atoms with van der Waals surface area (Å²) in [7, 11) is 1.64. The molecule has 5 heteroatoms. The van der Waals surface area contributed by atoms with E-state index in [2.05, 4.69) is 33.2 Å². The zero-order valence-electron chi connectivity index (χ0n) is 13.5. The number of fused-ring (bicyclic) bond motifs is 1. The molecule has 3 heterocycles. The van der Waals surface area contributed by atoms with Crippen molar-refractivity contribution in [3.63, 3.8) is 0 Å². The van der Waals surface area contributed by atoms with Crippen LogP contribution in [0.4, 0.5) is 0 Å². The van der Waals surface area contributed by atoms with E-state index in [1.807, 2.05) is 24.4 Å². The van der Waals surface area contributed by atoms with Crippen LogP contribution in [0.3, 0.4) is 0 Å². The van der Waals surface area contributed by atoms with Gasteiger partial charge in [0.1, 0.15) is 0 Å². The van der Waals surface area contributed by atoms with Crippen molar-refractivity contribution in [1.29, 1.82) is 0 Å². The van der Waals surface area contributed by atoms with Gasteiger partial charge in [-0.15, -0.1) is 0 Å². The van der Waals surface area contributed by atoms with Crippen LogP contribution in [0.1, 0.15) is 34.0 Å². The van der Waals surface area contributed by atoms with Crippen molar-refractivity contribution in [2.75, 3.05) is 7.11 Å². The van der Waals surface area contributed by atoms with Crippen LogP contribution in [0.5, 0.6) is 5.88 Å². The second kappa shape index (κ2) is 6.45. The van der Waals surface area contributed by atoms with Crippen molar-refractivity contribution >= 4 is 0 Å². The Morgan fingerprint density at radius 3 is 2.96 bits per heavy atom. The molecule has 5 nitrogen and oxygen atoms in total. The SMILES string of the molecule is COc1cccc(C[C@@H](c2cnc[nH]2)c2cccc3c2COC3)n1. The molecule has 3 aromatic rings. The summed E-state index contributed by atoms with van der Waals surface area (Å²) in [6.07, 6.45) is 4.39. The van der Waals surface area contributed by atoms with Crippen LogP contribution in [0.25, 0.3) is 0 Å². The van der Waals surface area contributed by atoms with Gasteiger partial charge in [0.15, 0.2) is 0 Å². The third-order valence-electron chi connectivity index (χ3n) is 4.49. The molecule has 1 aliphatic heterocycles. The first-order valence-electron chi connectivity index (χ1n) is 8.01. The minimum Gasteiger partial charge on any atom is -0.481 e. The molecule has 4 rings (SSSR count). The highest BCUT2D eigenvalue weighted by Crippen LogP contribution is 2.34. The zero-order chi connectivity index (χ0) is 16.4. The van der Waals surface area contributed by atoms with E-state index in [1.54, 1.807) is 13.4 Å². The summed E-state index contributed by atoms with van der Waals surface area (Å²) in [5.74, 6) is 0.793. The van der Waals surface area contributed by atoms with E-state index >= 15 is 0 Å². The van der Waals surface area contributed by atoms with Crippen LogP contribution in [0, 0.1) is 0 Å². The van der Waals surface area contributed by atoms with Gasteiger partial charge >= 0.3 is 0 Å². The standard InChI is InChI=1S/C19H19N3O2/c1-23-19-7-3-5-14(22-19)8-16(18-9-20-12-21-18)15-6-2-4-13-10-24-11-17(13)15/h2-7,9,12,16H,8,10-11H2,1H3,(H,20,21)/t16-/m1/s1. The molecule has 0 saturated carbocycles. The second-order valence-corrected chi connectivity index (χ2v) is 5.91. The fraction of sp³-hybridized carbons (Fsp3) is 0.263. The maximum Gasteiger partial charge on any atom is 0.213 e. The van der Waals surface area contributed by atoms with Crippen LogP contribution < -0.4 is 4.74 Å². The van der Waals surface area contributed by atoms with Gasteiger partial charge in [-0.25, -0.2) is 9.97 Å². The van der Waals surface area contributed by atoms with E-state index in [-0.39, 0.29) is 5.92 Å². The molecule has 1 aliphatic rings. The minimum absolute atomic E-state index is 0.156. The summed E-state index contributed by atoms with van der Waals surface area (Å²) in [5, 5.41) is 0. The molecule has 0 fully saturated rings. The molecule has 0 unspecified atom stereocenters. The Hall–Kier alpha value is -2.66. The van der Waals surface area contributed by atoms with Gasteiger partial charge in [0.2, 0.25) is 5.88 Å². The molecule has 1 aromatic carbocycles. The summed E-state index contributed by atoms with van der Waals surface area (Å²) in [6, 6.07) is 12.3. The van der Waals surface area contributed by atoms with Gasteiger partial charge in [0.25, 0.3) is 0 Å². The van der Waals surface area contributed by atoms with Crippen molar-refractivity contribution in [3.05, 3.63) is 77.0 Å². The number of H-pyrrole nitrogens is 1. The van der Waals surface area contributed by atoms with Gasteiger partial charge in [-0.05, 0) is 22.8 Å². The zero-order valence-corrected chi connectivity index (χ0v) is 13.5. The lowest BCUT2D eigenvalue weighted by atomic mass is 9.87. The number of nitrogens with zero attached hydrogens (tertiary/aromatic N) is 2. The van der Waals surface area contributed by atoms with Gasteiger partial charge in [0, 0.05) is 36.0 Å². The Morgan fingerprint density at radius 2 is 2.12 bits per heavy atom. The number of methoxy groups -OCH3 is 1. The monoisotopic (exact) mass is 321 g/mol. The lowest BCUT2D eigenvalue weighted by Crippen LogP contribution is -2.10. The molecule has 122 valence electrons. The van der Waals surface area contributed by atoms with E-state index in [0.717, 1.165) is 17.8 Å². The molecule has 0 aliphatic carbocycles. The van der Waals surface area contributed by atoms with E-state index in [0.29, 0.717) is 19.1 Å². The summed E-state index contributed by atoms with van der Waals surface area (Å²) in [5.41, 5.74) is 5.92. The van der Waals surface area contributed by atoms with Crippen LogP contribution in [-0.2, 0) is 24.4 Å². The fourth-order valence-corrected chi connectivity index (χ4v) is 3.29. The number of ether oxygens (including phenoxy) is 2. The first-order valence-corrected chi connectivity index (χ1v) is 8.01. The maximum absolute atomic E-state index is 5.65. The number of benzene rings is 1. The molecule has 0 saturated heterocycles. The molecule has 0 spiro atoms. The average molecular weight is 321 g/mol. The third-order valence-corrected chi connectivity index (χ3v) is 4.49. The van der Waals surface area contributed by atoms with E-state index in [1.165, 1.54) is 16.7 Å². The number of hydrogen-bond donors (Lipinski definition) is 1. The predicted octanol–water partition coefficient (Wildman–Crippen LogP) is 3.22. The highest BCUT2D eigenvalue weighted by molar-refractivity contribution is 5.42. The van der Waals surface area contributed by atoms with E-state index in [9.17, 15) is 0 Å². The molecule has 0 amide bonds. The van der Waals surface area contributed by atoms with Crippen LogP contribution in [0.15, 0.2) is 48.9 Å². The van der Waals surface area contributed by atoms with Crippen molar-refractivity contribution in [3.8, 4) is 5.88 Å². The van der Waals surface area contributed by atoms with Crippen LogP contribution >= 0.6 is 0 Å². The van der Waals surface area contributed by atoms with Crippen molar-refractivity contribution in [2.45, 2.75) is 25.6 Å². The van der Waals surface area contributed by atoms with Crippen molar-refractivity contribution in [1.82, 2.24) is 15.0 Å². The molecule has 2 aromatic heterocycles. The first-order chi connectivity index (χ1) is 11.8. The van der Waals surface area contributed by atoms with Crippen molar-refractivity contribution in [2.24, 2.45) is 0 Å². The quantitative estimate of drug-likeness (QED) is 0.784. The van der Waals surface area contributed by atoms with Gasteiger partial charge in [-0.3, -0.25) is 0 Å². The van der Waals surface area contributed by atoms with E-state index in [4.69, 9.17) is 9.47 Å². The molecule has 1 N–H and O–H groups in total. The summed E-state index contributed by atoms with van der Waals surface area (Å²) in [4.78, 5) is 12.0. The first kappa shape index (κ1) is 14.9. The molecular formula is C19H19N3O2. The maximum atomic E-state index is 5.65. The van der Waals surface area contributed by atoms with Gasteiger partial charge in [-0.1, -0.05) is 24.3 Å². The summed E-state index contributed by atoms with van der Waals surface area (Å²) >= 11 is 0. The largest absolute Gasteiger partial charge is 0.481 e. The van der Waals surface area contributed by atoms with Gasteiger partial charge < -0.3 is 14.5 Å². The number of nitrogens with one attached hydrogen (secondary N) is 1. The second-order valence-electron chi connectivity index (χ2n) is 5.91. The van der Waals surface area contributed by atoms with Crippen molar-refractivity contribution < 1.29 is 9.47 Å². The smallest absolute Gasteiger partial charge is 0.213 e. The number of pyridine rings is 1. The topological polar surface area (TPSA) is 60.0 Å². The third kappa shape index (κ3) is 2.78. The molecule has 24 heavy (non-hydrogen) atoms. The number of hydrogen-bond acceptors (Lipinski definition) is 4. The molecule has 0 bridgehead atoms. The summed E-state index contributed by atoms with van der Waals surface area (Å²) in [6.45, 7) is 1.36. The summed E-state index contributed by atoms with van der Waals surface area (Å²) < 4.78 is 10.9. The van der Waals surface area contributed by atoms with E-state index < -0.39 is 0 Å². The fourth-order valence-electron chi connectivity index (χ4n) is 3.29. The highest BCUT2D eigenvalue weighted by Gasteiger charge is 2.24. The average Bonchev–Trinajstić information content (AvgIpc) is 3.31. The number of rotatable bonds is 5. The minimum atomic E-state index is 0.156. The molecule has 0 radical (unpaired) electrons. The number of imidazole rings is 1. The lowest BCUT2D eigenvalue weighted by molar-refractivity contribution is 0.134. The van der Waals surface area contributed by atoms with Gasteiger partial charge in [0.05, 0.1) is 26.7 Å². The Morgan fingerprint density at radius 1 is 1.21 bits per heavy atom. The molecular weight excluding hydrogens is 302 g/mol. The number of aromatic nitrogens is 3. The predicted molar refractivity (Wildman–Crippen MR) is 89.9 cm³/mol. The van der Waals surface area contributed by atoms with Gasteiger partial charge in [-0.2, -0.15) is 0 Å². The Labute approximate surface area is 140 Å². The van der Waals surface area contributed by atoms with Crippen LogP contribution in [0.2, 0.25) is 0 Å². The Bertz CT molecular complexity index is 830. The molecule has 1 atom stereocenters. The Balaban J connectivity index is 1.74. The number of aromatic amines is 1. The Kier molecular flexibility index (Phi) is 4.01.